The quantitative estimate of drug-likeness (QED) is 0.623. The zero-order valence-electron chi connectivity index (χ0n) is 14.2. The van der Waals surface area contributed by atoms with Gasteiger partial charge in [-0.3, -0.25) is 9.59 Å². The standard InChI is InChI=1S/C19H18ClN3O2S/c1-23-12-11-21-19(23)18(13-5-3-2-4-6-13)22-17(25)10-7-14(24)15-8-9-16(20)26-15/h2-6,8-9,11-12,18H,7,10H2,1H3,(H,22,25)/t18-/m1/s1. The molecule has 2 aromatic heterocycles. The molecule has 26 heavy (non-hydrogen) atoms. The minimum Gasteiger partial charge on any atom is -0.342 e. The van der Waals surface area contributed by atoms with Crippen molar-refractivity contribution < 1.29 is 9.59 Å². The van der Waals surface area contributed by atoms with E-state index in [1.807, 2.05) is 48.1 Å². The van der Waals surface area contributed by atoms with Crippen LogP contribution in [0.5, 0.6) is 0 Å². The van der Waals surface area contributed by atoms with Gasteiger partial charge in [0.1, 0.15) is 11.9 Å². The number of ketones is 1. The Bertz CT molecular complexity index is 904. The Balaban J connectivity index is 1.68. The summed E-state index contributed by atoms with van der Waals surface area (Å²) in [5.41, 5.74) is 0.937. The van der Waals surface area contributed by atoms with Crippen LogP contribution >= 0.6 is 22.9 Å². The molecular formula is C19H18ClN3O2S. The number of nitrogens with zero attached hydrogens (tertiary/aromatic N) is 2. The Morgan fingerprint density at radius 3 is 2.58 bits per heavy atom. The van der Waals surface area contributed by atoms with Gasteiger partial charge < -0.3 is 9.88 Å². The molecule has 0 radical (unpaired) electrons. The number of carbonyl (C=O) groups excluding carboxylic acids is 2. The van der Waals surface area contributed by atoms with Crippen molar-refractivity contribution in [1.29, 1.82) is 0 Å². The lowest BCUT2D eigenvalue weighted by atomic mass is 10.1. The van der Waals surface area contributed by atoms with Crippen LogP contribution in [-0.4, -0.2) is 21.2 Å². The van der Waals surface area contributed by atoms with E-state index in [1.165, 1.54) is 11.3 Å². The van der Waals surface area contributed by atoms with Gasteiger partial charge in [0.05, 0.1) is 9.21 Å². The number of aryl methyl sites for hydroxylation is 1. The van der Waals surface area contributed by atoms with Crippen LogP contribution in [0.25, 0.3) is 0 Å². The molecule has 1 N–H and O–H groups in total. The molecule has 3 aromatic rings. The zero-order valence-corrected chi connectivity index (χ0v) is 15.8. The highest BCUT2D eigenvalue weighted by molar-refractivity contribution is 7.18. The third kappa shape index (κ3) is 4.39. The van der Waals surface area contributed by atoms with E-state index in [2.05, 4.69) is 10.3 Å². The van der Waals surface area contributed by atoms with Crippen molar-refractivity contribution in [2.24, 2.45) is 7.05 Å². The average molecular weight is 388 g/mol. The molecule has 1 aromatic carbocycles. The van der Waals surface area contributed by atoms with Crippen molar-refractivity contribution in [1.82, 2.24) is 14.9 Å². The molecule has 0 saturated heterocycles. The number of carbonyl (C=O) groups is 2. The van der Waals surface area contributed by atoms with E-state index >= 15 is 0 Å². The number of benzene rings is 1. The van der Waals surface area contributed by atoms with Crippen molar-refractivity contribution in [3.8, 4) is 0 Å². The van der Waals surface area contributed by atoms with E-state index in [4.69, 9.17) is 11.6 Å². The minimum absolute atomic E-state index is 0.0784. The number of rotatable bonds is 7. The second kappa shape index (κ2) is 8.29. The van der Waals surface area contributed by atoms with Crippen LogP contribution in [0.4, 0.5) is 0 Å². The fourth-order valence-electron chi connectivity index (χ4n) is 2.65. The molecule has 0 spiro atoms. The second-order valence-electron chi connectivity index (χ2n) is 5.83. The fourth-order valence-corrected chi connectivity index (χ4v) is 3.66. The first-order valence-electron chi connectivity index (χ1n) is 8.14. The van der Waals surface area contributed by atoms with Gasteiger partial charge in [-0.05, 0) is 17.7 Å². The Morgan fingerprint density at radius 1 is 1.19 bits per heavy atom. The van der Waals surface area contributed by atoms with E-state index in [0.29, 0.717) is 9.21 Å². The highest BCUT2D eigenvalue weighted by atomic mass is 35.5. The van der Waals surface area contributed by atoms with Gasteiger partial charge in [-0.15, -0.1) is 11.3 Å². The van der Waals surface area contributed by atoms with Crippen molar-refractivity contribution in [3.63, 3.8) is 0 Å². The highest BCUT2D eigenvalue weighted by Gasteiger charge is 2.21. The largest absolute Gasteiger partial charge is 0.342 e. The Kier molecular flexibility index (Phi) is 5.85. The zero-order chi connectivity index (χ0) is 18.5. The van der Waals surface area contributed by atoms with Gasteiger partial charge in [0.15, 0.2) is 5.78 Å². The van der Waals surface area contributed by atoms with Crippen LogP contribution in [-0.2, 0) is 11.8 Å². The summed E-state index contributed by atoms with van der Waals surface area (Å²) in [6, 6.07) is 12.7. The van der Waals surface area contributed by atoms with Gasteiger partial charge in [-0.25, -0.2) is 4.98 Å². The van der Waals surface area contributed by atoms with Crippen LogP contribution < -0.4 is 5.32 Å². The minimum atomic E-state index is -0.366. The SMILES string of the molecule is Cn1ccnc1[C@H](NC(=O)CCC(=O)c1ccc(Cl)s1)c1ccccc1. The van der Waals surface area contributed by atoms with Gasteiger partial charge in [0, 0.05) is 32.3 Å². The average Bonchev–Trinajstić information content (AvgIpc) is 3.27. The number of Topliss-reactive ketones (excluding diaryl/α,β-unsaturated/α-hetero) is 1. The normalized spacial score (nSPS) is 11.9. The molecule has 0 aliphatic carbocycles. The summed E-state index contributed by atoms with van der Waals surface area (Å²) >= 11 is 7.08. The van der Waals surface area contributed by atoms with Gasteiger partial charge in [0.25, 0.3) is 0 Å². The lowest BCUT2D eigenvalue weighted by molar-refractivity contribution is -0.121. The monoisotopic (exact) mass is 387 g/mol. The lowest BCUT2D eigenvalue weighted by Crippen LogP contribution is -2.31. The summed E-state index contributed by atoms with van der Waals surface area (Å²) in [5.74, 6) is 0.462. The van der Waals surface area contributed by atoms with E-state index < -0.39 is 0 Å². The maximum absolute atomic E-state index is 12.5. The number of imidazole rings is 1. The van der Waals surface area contributed by atoms with Crippen LogP contribution in [0.1, 0.15) is 39.9 Å². The Hall–Kier alpha value is -2.44. The summed E-state index contributed by atoms with van der Waals surface area (Å²) in [6.45, 7) is 0. The molecule has 0 aliphatic heterocycles. The topological polar surface area (TPSA) is 64.0 Å². The first kappa shape index (κ1) is 18.4. The number of hydrogen-bond acceptors (Lipinski definition) is 4. The highest BCUT2D eigenvalue weighted by Crippen LogP contribution is 2.23. The van der Waals surface area contributed by atoms with Crippen molar-refractivity contribution in [2.75, 3.05) is 0 Å². The molecule has 5 nitrogen and oxygen atoms in total. The van der Waals surface area contributed by atoms with E-state index in [9.17, 15) is 9.59 Å². The van der Waals surface area contributed by atoms with E-state index in [-0.39, 0.29) is 30.6 Å². The third-order valence-corrected chi connectivity index (χ3v) is 5.25. The third-order valence-electron chi connectivity index (χ3n) is 3.98. The van der Waals surface area contributed by atoms with Crippen LogP contribution in [0.3, 0.4) is 0 Å². The molecule has 3 rings (SSSR count). The summed E-state index contributed by atoms with van der Waals surface area (Å²) in [5, 5.41) is 2.99. The van der Waals surface area contributed by atoms with Crippen molar-refractivity contribution in [2.45, 2.75) is 18.9 Å². The maximum Gasteiger partial charge on any atom is 0.221 e. The number of halogens is 1. The molecule has 0 saturated carbocycles. The summed E-state index contributed by atoms with van der Waals surface area (Å²) < 4.78 is 2.44. The smallest absolute Gasteiger partial charge is 0.221 e. The van der Waals surface area contributed by atoms with Gasteiger partial charge >= 0.3 is 0 Å². The van der Waals surface area contributed by atoms with Gasteiger partial charge in [0.2, 0.25) is 5.91 Å². The maximum atomic E-state index is 12.5. The first-order chi connectivity index (χ1) is 12.5. The number of thiophene rings is 1. The van der Waals surface area contributed by atoms with Crippen molar-refractivity contribution >= 4 is 34.6 Å². The first-order valence-corrected chi connectivity index (χ1v) is 9.34. The molecule has 0 fully saturated rings. The van der Waals surface area contributed by atoms with Crippen LogP contribution in [0.2, 0.25) is 4.34 Å². The van der Waals surface area contributed by atoms with Crippen LogP contribution in [0, 0.1) is 0 Å². The van der Waals surface area contributed by atoms with Gasteiger partial charge in [-0.1, -0.05) is 41.9 Å². The summed E-state index contributed by atoms with van der Waals surface area (Å²) in [7, 11) is 1.88. The molecule has 1 amide bonds. The number of nitrogens with one attached hydrogen (secondary N) is 1. The number of aromatic nitrogens is 2. The summed E-state index contributed by atoms with van der Waals surface area (Å²) in [6.07, 6.45) is 3.79. The molecular weight excluding hydrogens is 370 g/mol. The van der Waals surface area contributed by atoms with Crippen LogP contribution in [0.15, 0.2) is 54.9 Å². The molecule has 134 valence electrons. The predicted molar refractivity (Wildman–Crippen MR) is 103 cm³/mol. The van der Waals surface area contributed by atoms with E-state index in [1.54, 1.807) is 18.3 Å². The molecule has 2 heterocycles. The van der Waals surface area contributed by atoms with E-state index in [0.717, 1.165) is 11.4 Å². The Morgan fingerprint density at radius 2 is 1.96 bits per heavy atom. The molecule has 1 atom stereocenters. The predicted octanol–water partition coefficient (Wildman–Crippen LogP) is 4.00. The lowest BCUT2D eigenvalue weighted by Gasteiger charge is -2.19. The molecule has 0 bridgehead atoms. The number of hydrogen-bond donors (Lipinski definition) is 1. The number of amides is 1. The second-order valence-corrected chi connectivity index (χ2v) is 7.55. The van der Waals surface area contributed by atoms with Crippen molar-refractivity contribution in [3.05, 3.63) is 75.5 Å². The summed E-state index contributed by atoms with van der Waals surface area (Å²) in [4.78, 5) is 29.5. The molecule has 0 unspecified atom stereocenters. The molecule has 7 heteroatoms. The Labute approximate surface area is 160 Å². The molecule has 0 aliphatic rings. The van der Waals surface area contributed by atoms with Gasteiger partial charge in [-0.2, -0.15) is 0 Å². The fraction of sp³-hybridized carbons (Fsp3) is 0.211.